The largest absolute Gasteiger partial charge is 0.386 e. The van der Waals surface area contributed by atoms with Crippen LogP contribution in [0.4, 0.5) is 5.82 Å². The summed E-state index contributed by atoms with van der Waals surface area (Å²) in [4.78, 5) is 23.1. The van der Waals surface area contributed by atoms with Crippen LogP contribution < -0.4 is 5.73 Å². The van der Waals surface area contributed by atoms with Crippen LogP contribution in [-0.4, -0.2) is 82.5 Å². The molecule has 1 fully saturated rings. The number of nitrogens with one attached hydrogen (secondary N) is 1. The molecule has 0 saturated heterocycles. The first kappa shape index (κ1) is 29.4. The number of hydrogen-bond donors (Lipinski definition) is 4. The smallest absolute Gasteiger partial charge is 0.167 e. The van der Waals surface area contributed by atoms with Crippen LogP contribution in [0.2, 0.25) is 0 Å². The van der Waals surface area contributed by atoms with Crippen molar-refractivity contribution in [2.24, 2.45) is 5.92 Å². The van der Waals surface area contributed by atoms with E-state index < -0.39 is 18.4 Å². The van der Waals surface area contributed by atoms with Crippen molar-refractivity contribution in [2.45, 2.75) is 96.2 Å². The van der Waals surface area contributed by atoms with Gasteiger partial charge >= 0.3 is 0 Å². The molecule has 3 atom stereocenters. The Balaban J connectivity index is 1.17. The molecule has 0 aliphatic heterocycles. The molecular weight excluding hydrogens is 520 g/mol. The topological polar surface area (TPSA) is 151 Å². The molecule has 0 radical (unpaired) electrons. The molecule has 1 aromatic carbocycles. The number of aliphatic hydroxyl groups is 2. The Kier molecular flexibility index (Phi) is 8.34. The average Bonchev–Trinajstić information content (AvgIpc) is 3.52. The lowest BCUT2D eigenvalue weighted by molar-refractivity contribution is -0.119. The standard InChI is InChI=1S/C30H44N8O3/c1-17(2)37(14-23(41-6)26(39)29(40)38-16-34-25-27(31)32-15-33-28(25)38)20-11-18(12-20)7-10-24-35-21-9-8-19(30(3,4)5)13-22(21)36-24/h8-9,13,15-18,20,23,26,29,39-40H,7,10-12,14H2,1-6H3,(H,35,36)(H2,31,32,33)/t18-,20-,23-,26-,29-/m1/s1. The van der Waals surface area contributed by atoms with E-state index in [1.807, 2.05) is 0 Å². The predicted octanol–water partition coefficient (Wildman–Crippen LogP) is 3.57. The first-order valence-electron chi connectivity index (χ1n) is 14.5. The van der Waals surface area contributed by atoms with Gasteiger partial charge in [-0.3, -0.25) is 9.47 Å². The highest BCUT2D eigenvalue weighted by Gasteiger charge is 2.38. The number of hydrogen-bond acceptors (Lipinski definition) is 9. The van der Waals surface area contributed by atoms with Crippen LogP contribution in [0.3, 0.4) is 0 Å². The molecule has 11 heteroatoms. The molecule has 5 N–H and O–H groups in total. The third kappa shape index (κ3) is 6.08. The second kappa shape index (κ2) is 11.6. The number of aryl methyl sites for hydroxylation is 1. The fourth-order valence-electron chi connectivity index (χ4n) is 5.92. The number of benzene rings is 1. The highest BCUT2D eigenvalue weighted by molar-refractivity contribution is 5.81. The summed E-state index contributed by atoms with van der Waals surface area (Å²) in [5.41, 5.74) is 10.2. The van der Waals surface area contributed by atoms with Crippen molar-refractivity contribution in [1.29, 1.82) is 0 Å². The summed E-state index contributed by atoms with van der Waals surface area (Å²) in [6, 6.07) is 7.19. The lowest BCUT2D eigenvalue weighted by Crippen LogP contribution is -2.53. The van der Waals surface area contributed by atoms with Crippen LogP contribution in [-0.2, 0) is 16.6 Å². The van der Waals surface area contributed by atoms with Crippen molar-refractivity contribution in [3.63, 3.8) is 0 Å². The molecule has 0 amide bonds. The lowest BCUT2D eigenvalue weighted by Gasteiger charge is -2.46. The van der Waals surface area contributed by atoms with E-state index in [4.69, 9.17) is 15.5 Å². The molecule has 0 spiro atoms. The first-order chi connectivity index (χ1) is 19.5. The number of rotatable bonds is 11. The van der Waals surface area contributed by atoms with Crippen molar-refractivity contribution in [1.82, 2.24) is 34.4 Å². The third-order valence-electron chi connectivity index (χ3n) is 8.58. The van der Waals surface area contributed by atoms with Crippen LogP contribution in [0.25, 0.3) is 22.2 Å². The number of nitrogens with zero attached hydrogens (tertiary/aromatic N) is 6. The van der Waals surface area contributed by atoms with Crippen molar-refractivity contribution >= 4 is 28.0 Å². The van der Waals surface area contributed by atoms with Gasteiger partial charge in [0.05, 0.1) is 17.4 Å². The molecule has 3 aromatic heterocycles. The highest BCUT2D eigenvalue weighted by atomic mass is 16.5. The van der Waals surface area contributed by atoms with Crippen molar-refractivity contribution in [2.75, 3.05) is 19.4 Å². The number of aromatic nitrogens is 6. The van der Waals surface area contributed by atoms with Gasteiger partial charge in [-0.15, -0.1) is 0 Å². The molecule has 1 aliphatic rings. The fourth-order valence-corrected chi connectivity index (χ4v) is 5.92. The van der Waals surface area contributed by atoms with Crippen molar-refractivity contribution in [3.8, 4) is 0 Å². The van der Waals surface area contributed by atoms with Crippen LogP contribution in [0.1, 0.15) is 71.5 Å². The second-order valence-corrected chi connectivity index (χ2v) is 12.7. The molecular formula is C30H44N8O3. The minimum atomic E-state index is -1.30. The summed E-state index contributed by atoms with van der Waals surface area (Å²) in [6.07, 6.45) is 3.80. The van der Waals surface area contributed by atoms with Crippen LogP contribution >= 0.6 is 0 Å². The zero-order chi connectivity index (χ0) is 29.5. The van der Waals surface area contributed by atoms with Gasteiger partial charge in [0.25, 0.3) is 0 Å². The Labute approximate surface area is 241 Å². The molecule has 222 valence electrons. The maximum Gasteiger partial charge on any atom is 0.167 e. The summed E-state index contributed by atoms with van der Waals surface area (Å²) in [7, 11) is 1.56. The molecule has 41 heavy (non-hydrogen) atoms. The first-order valence-corrected chi connectivity index (χ1v) is 14.5. The Hall–Kier alpha value is -3.12. The van der Waals surface area contributed by atoms with Gasteiger partial charge in [-0.2, -0.15) is 0 Å². The van der Waals surface area contributed by atoms with Gasteiger partial charge in [-0.25, -0.2) is 19.9 Å². The zero-order valence-electron chi connectivity index (χ0n) is 24.9. The van der Waals surface area contributed by atoms with Gasteiger partial charge in [0.15, 0.2) is 17.7 Å². The number of ether oxygens (including phenoxy) is 1. The van der Waals surface area contributed by atoms with Gasteiger partial charge in [0.1, 0.15) is 29.9 Å². The van der Waals surface area contributed by atoms with Gasteiger partial charge < -0.3 is 25.7 Å². The molecule has 0 bridgehead atoms. The molecule has 3 heterocycles. The third-order valence-corrected chi connectivity index (χ3v) is 8.58. The number of methoxy groups -OCH3 is 1. The van der Waals surface area contributed by atoms with Gasteiger partial charge in [0, 0.05) is 32.2 Å². The minimum absolute atomic E-state index is 0.101. The van der Waals surface area contributed by atoms with Gasteiger partial charge in [-0.05, 0) is 62.1 Å². The monoisotopic (exact) mass is 564 g/mol. The minimum Gasteiger partial charge on any atom is -0.386 e. The zero-order valence-corrected chi connectivity index (χ0v) is 24.9. The van der Waals surface area contributed by atoms with E-state index in [2.05, 4.69) is 77.7 Å². The quantitative estimate of drug-likeness (QED) is 0.214. The Morgan fingerprint density at radius 2 is 1.93 bits per heavy atom. The van der Waals surface area contributed by atoms with E-state index in [0.29, 0.717) is 29.7 Å². The van der Waals surface area contributed by atoms with Gasteiger partial charge in [-0.1, -0.05) is 26.8 Å². The Morgan fingerprint density at radius 3 is 2.61 bits per heavy atom. The van der Waals surface area contributed by atoms with Crippen LogP contribution in [0.5, 0.6) is 0 Å². The summed E-state index contributed by atoms with van der Waals surface area (Å²) in [5, 5.41) is 22.2. The second-order valence-electron chi connectivity index (χ2n) is 12.7. The number of aliphatic hydroxyl groups excluding tert-OH is 2. The predicted molar refractivity (Wildman–Crippen MR) is 159 cm³/mol. The SMILES string of the molecule is CO[C@H](CN(C(C)C)[C@H]1C[C@H](CCc2nc3cc(C(C)(C)C)ccc3[nH]2)C1)[C@@H](O)[C@@H](O)n1cnc2c(N)ncnc21. The summed E-state index contributed by atoms with van der Waals surface area (Å²) < 4.78 is 7.11. The summed E-state index contributed by atoms with van der Waals surface area (Å²) >= 11 is 0. The molecule has 1 aliphatic carbocycles. The van der Waals surface area contributed by atoms with E-state index in [1.54, 1.807) is 7.11 Å². The van der Waals surface area contributed by atoms with E-state index in [-0.39, 0.29) is 17.3 Å². The normalized spacial score (nSPS) is 20.1. The molecule has 1 saturated carbocycles. The molecule has 5 rings (SSSR count). The maximum absolute atomic E-state index is 11.1. The Morgan fingerprint density at radius 1 is 1.17 bits per heavy atom. The van der Waals surface area contributed by atoms with E-state index in [1.165, 1.54) is 22.8 Å². The van der Waals surface area contributed by atoms with Crippen molar-refractivity contribution in [3.05, 3.63) is 42.2 Å². The summed E-state index contributed by atoms with van der Waals surface area (Å²) in [6.45, 7) is 11.5. The Bertz CT molecular complexity index is 1470. The summed E-state index contributed by atoms with van der Waals surface area (Å²) in [5.74, 6) is 1.89. The van der Waals surface area contributed by atoms with E-state index in [0.717, 1.165) is 42.5 Å². The lowest BCUT2D eigenvalue weighted by atomic mass is 9.76. The van der Waals surface area contributed by atoms with Crippen molar-refractivity contribution < 1.29 is 14.9 Å². The van der Waals surface area contributed by atoms with Gasteiger partial charge in [0.2, 0.25) is 0 Å². The average molecular weight is 565 g/mol. The number of nitrogen functional groups attached to an aromatic ring is 1. The molecule has 0 unspecified atom stereocenters. The number of fused-ring (bicyclic) bond motifs is 2. The number of aromatic amines is 1. The maximum atomic E-state index is 11.1. The van der Waals surface area contributed by atoms with E-state index >= 15 is 0 Å². The number of nitrogens with two attached hydrogens (primary N) is 1. The van der Waals surface area contributed by atoms with E-state index in [9.17, 15) is 10.2 Å². The highest BCUT2D eigenvalue weighted by Crippen LogP contribution is 2.37. The fraction of sp³-hybridized carbons (Fsp3) is 0.600. The number of H-pyrrole nitrogens is 1. The van der Waals surface area contributed by atoms with Crippen LogP contribution in [0, 0.1) is 5.92 Å². The number of anilines is 1. The number of imidazole rings is 2. The van der Waals surface area contributed by atoms with Crippen LogP contribution in [0.15, 0.2) is 30.9 Å². The molecule has 4 aromatic rings. The molecule has 11 nitrogen and oxygen atoms in total.